The molecule has 2 fully saturated rings. The summed E-state index contributed by atoms with van der Waals surface area (Å²) in [5.41, 5.74) is 0.876. The second-order valence-corrected chi connectivity index (χ2v) is 10.3. The number of nitrogens with one attached hydrogen (secondary N) is 3. The van der Waals surface area contributed by atoms with E-state index in [0.717, 1.165) is 48.3 Å². The smallest absolute Gasteiger partial charge is 0.321 e. The Kier molecular flexibility index (Phi) is 5.70. The first-order chi connectivity index (χ1) is 15.1. The summed E-state index contributed by atoms with van der Waals surface area (Å²) in [4.78, 5) is 31.0. The number of rotatable bonds is 6. The molecule has 1 unspecified atom stereocenters. The maximum absolute atomic E-state index is 12.4. The number of hydrogen-bond donors (Lipinski definition) is 3. The maximum Gasteiger partial charge on any atom is 0.321 e. The molecule has 5 rings (SSSR count). The molecule has 164 valence electrons. The van der Waals surface area contributed by atoms with Gasteiger partial charge >= 0.3 is 6.03 Å². The van der Waals surface area contributed by atoms with E-state index < -0.39 is 0 Å². The number of thioether (sulfide) groups is 1. The van der Waals surface area contributed by atoms with E-state index in [-0.39, 0.29) is 12.1 Å². The van der Waals surface area contributed by atoms with E-state index in [0.29, 0.717) is 28.2 Å². The van der Waals surface area contributed by atoms with Gasteiger partial charge < -0.3 is 15.2 Å². The van der Waals surface area contributed by atoms with Gasteiger partial charge in [0, 0.05) is 36.9 Å². The predicted molar refractivity (Wildman–Crippen MR) is 124 cm³/mol. The molecule has 3 heterocycles. The third-order valence-corrected chi connectivity index (χ3v) is 7.92. The van der Waals surface area contributed by atoms with Gasteiger partial charge in [-0.3, -0.25) is 5.32 Å². The van der Waals surface area contributed by atoms with Gasteiger partial charge in [-0.05, 0) is 49.3 Å². The zero-order valence-electron chi connectivity index (χ0n) is 17.5. The average Bonchev–Trinajstić information content (AvgIpc) is 3.51. The van der Waals surface area contributed by atoms with Crippen molar-refractivity contribution in [1.82, 2.24) is 29.6 Å². The fraction of sp³-hybridized carbons (Fsp3) is 0.550. The van der Waals surface area contributed by atoms with Crippen molar-refractivity contribution in [2.75, 3.05) is 23.0 Å². The second-order valence-electron chi connectivity index (χ2n) is 8.28. The summed E-state index contributed by atoms with van der Waals surface area (Å²) < 4.78 is 4.24. The highest BCUT2D eigenvalue weighted by Crippen LogP contribution is 2.46. The van der Waals surface area contributed by atoms with Gasteiger partial charge in [0.2, 0.25) is 10.3 Å². The zero-order chi connectivity index (χ0) is 21.4. The molecule has 2 amide bonds. The third kappa shape index (κ3) is 4.20. The van der Waals surface area contributed by atoms with Crippen molar-refractivity contribution >= 4 is 51.3 Å². The Hall–Kier alpha value is -2.40. The van der Waals surface area contributed by atoms with Crippen LogP contribution in [0.4, 0.5) is 15.7 Å². The van der Waals surface area contributed by atoms with Crippen molar-refractivity contribution in [2.24, 2.45) is 11.8 Å². The molecule has 0 saturated heterocycles. The Morgan fingerprint density at radius 1 is 1.29 bits per heavy atom. The number of carbonyl (C=O) groups is 1. The summed E-state index contributed by atoms with van der Waals surface area (Å²) in [5, 5.41) is 8.30. The minimum absolute atomic E-state index is 0.182. The van der Waals surface area contributed by atoms with Gasteiger partial charge in [0.05, 0.1) is 5.39 Å². The van der Waals surface area contributed by atoms with Gasteiger partial charge in [-0.25, -0.2) is 14.8 Å². The van der Waals surface area contributed by atoms with E-state index >= 15 is 0 Å². The van der Waals surface area contributed by atoms with Crippen molar-refractivity contribution in [3.05, 3.63) is 18.6 Å². The number of H-pyrrole nitrogens is 1. The van der Waals surface area contributed by atoms with Crippen molar-refractivity contribution in [3.8, 4) is 0 Å². The van der Waals surface area contributed by atoms with Crippen LogP contribution in [0.1, 0.15) is 32.6 Å². The van der Waals surface area contributed by atoms with E-state index in [1.165, 1.54) is 11.5 Å². The Balaban J connectivity index is 1.14. The molecule has 31 heavy (non-hydrogen) atoms. The van der Waals surface area contributed by atoms with Crippen LogP contribution in [-0.4, -0.2) is 55.2 Å². The minimum atomic E-state index is -0.182. The predicted octanol–water partition coefficient (Wildman–Crippen LogP) is 3.74. The Bertz CT molecular complexity index is 1050. The number of anilines is 2. The lowest BCUT2D eigenvalue weighted by atomic mass is 10.0. The number of amides is 2. The molecule has 2 aliphatic carbocycles. The maximum atomic E-state index is 12.4. The monoisotopic (exact) mass is 458 g/mol. The summed E-state index contributed by atoms with van der Waals surface area (Å²) >= 11 is 2.80. The fourth-order valence-corrected chi connectivity index (χ4v) is 6.36. The number of hydrogen-bond acceptors (Lipinski definition) is 8. The second kappa shape index (κ2) is 8.62. The molecule has 0 spiro atoms. The highest BCUT2D eigenvalue weighted by molar-refractivity contribution is 7.99. The molecule has 0 radical (unpaired) electrons. The lowest BCUT2D eigenvalue weighted by molar-refractivity contribution is 0.248. The van der Waals surface area contributed by atoms with E-state index in [4.69, 9.17) is 0 Å². The molecule has 9 nitrogen and oxygen atoms in total. The number of urea groups is 1. The van der Waals surface area contributed by atoms with Crippen LogP contribution in [0.2, 0.25) is 0 Å². The molecular weight excluding hydrogens is 432 g/mol. The average molecular weight is 459 g/mol. The molecule has 0 aromatic carbocycles. The highest BCUT2D eigenvalue weighted by atomic mass is 32.2. The van der Waals surface area contributed by atoms with Crippen LogP contribution < -0.4 is 15.5 Å². The van der Waals surface area contributed by atoms with Crippen LogP contribution in [0.25, 0.3) is 11.0 Å². The fourth-order valence-electron chi connectivity index (χ4n) is 5.10. The lowest BCUT2D eigenvalue weighted by Crippen LogP contribution is -2.37. The number of carbonyl (C=O) groups excluding carboxylic acids is 1. The molecule has 2 saturated carbocycles. The first kappa shape index (κ1) is 20.5. The van der Waals surface area contributed by atoms with Crippen molar-refractivity contribution in [2.45, 2.75) is 49.8 Å². The number of fused-ring (bicyclic) bond motifs is 2. The number of aromatic nitrogens is 5. The topological polar surface area (TPSA) is 112 Å². The van der Waals surface area contributed by atoms with Gasteiger partial charge in [0.25, 0.3) is 0 Å². The van der Waals surface area contributed by atoms with Crippen LogP contribution in [0.5, 0.6) is 0 Å². The number of aromatic amines is 1. The SMILES string of the molecule is CCSc1nsc(NC(=O)N[C@@H]2CC3C[C@H](N(C)c4ncnc5[nH]ccc45)C[C@H]3C2)n1. The van der Waals surface area contributed by atoms with Gasteiger partial charge in [-0.1, -0.05) is 18.7 Å². The lowest BCUT2D eigenvalue weighted by Gasteiger charge is -2.27. The van der Waals surface area contributed by atoms with E-state index in [1.807, 2.05) is 12.3 Å². The molecule has 3 aromatic rings. The van der Waals surface area contributed by atoms with Gasteiger partial charge in [0.15, 0.2) is 0 Å². The van der Waals surface area contributed by atoms with Crippen molar-refractivity contribution < 1.29 is 4.79 Å². The summed E-state index contributed by atoms with van der Waals surface area (Å²) in [6.45, 7) is 2.05. The van der Waals surface area contributed by atoms with Crippen LogP contribution in [0, 0.1) is 11.8 Å². The normalized spacial score (nSPS) is 25.0. The largest absolute Gasteiger partial charge is 0.356 e. The van der Waals surface area contributed by atoms with E-state index in [1.54, 1.807) is 18.1 Å². The molecular formula is C20H26N8OS2. The summed E-state index contributed by atoms with van der Waals surface area (Å²) in [6.07, 6.45) is 7.85. The third-order valence-electron chi connectivity index (χ3n) is 6.44. The van der Waals surface area contributed by atoms with Crippen LogP contribution in [0.15, 0.2) is 23.7 Å². The molecule has 2 aliphatic rings. The first-order valence-corrected chi connectivity index (χ1v) is 12.4. The first-order valence-electron chi connectivity index (χ1n) is 10.7. The van der Waals surface area contributed by atoms with Crippen molar-refractivity contribution in [3.63, 3.8) is 0 Å². The molecule has 0 bridgehead atoms. The Labute approximate surface area is 189 Å². The molecule has 3 N–H and O–H groups in total. The zero-order valence-corrected chi connectivity index (χ0v) is 19.2. The van der Waals surface area contributed by atoms with Gasteiger partial charge in [-0.15, -0.1) is 0 Å². The summed E-state index contributed by atoms with van der Waals surface area (Å²) in [7, 11) is 2.14. The van der Waals surface area contributed by atoms with E-state index in [2.05, 4.69) is 53.8 Å². The van der Waals surface area contributed by atoms with E-state index in [9.17, 15) is 4.79 Å². The standard InChI is InChI=1S/C20H26N8OS2/c1-3-30-20-26-19(31-27-20)25-18(29)24-13-6-11-8-14(9-12(11)7-13)28(2)17-15-4-5-21-16(15)22-10-23-17/h4-5,10-14H,3,6-9H2,1-2H3,(H,21,22,23)(H2,24,25,26,27,29)/t11-,12?,13+,14-/m1/s1. The summed E-state index contributed by atoms with van der Waals surface area (Å²) in [6, 6.07) is 2.54. The Morgan fingerprint density at radius 2 is 2.10 bits per heavy atom. The summed E-state index contributed by atoms with van der Waals surface area (Å²) in [5.74, 6) is 3.17. The van der Waals surface area contributed by atoms with Crippen LogP contribution in [0.3, 0.4) is 0 Å². The highest BCUT2D eigenvalue weighted by Gasteiger charge is 2.43. The van der Waals surface area contributed by atoms with Gasteiger partial charge in [-0.2, -0.15) is 9.36 Å². The van der Waals surface area contributed by atoms with Crippen LogP contribution >= 0.6 is 23.3 Å². The molecule has 0 aliphatic heterocycles. The van der Waals surface area contributed by atoms with Crippen molar-refractivity contribution in [1.29, 1.82) is 0 Å². The molecule has 11 heteroatoms. The molecule has 4 atom stereocenters. The van der Waals surface area contributed by atoms with Crippen LogP contribution in [-0.2, 0) is 0 Å². The number of nitrogens with zero attached hydrogens (tertiary/aromatic N) is 5. The molecule has 3 aromatic heterocycles. The Morgan fingerprint density at radius 3 is 2.87 bits per heavy atom. The minimum Gasteiger partial charge on any atom is -0.356 e. The quantitative estimate of drug-likeness (QED) is 0.483. The van der Waals surface area contributed by atoms with Gasteiger partial charge in [0.1, 0.15) is 17.8 Å².